The topological polar surface area (TPSA) is 19.4 Å². The molecule has 2 aromatic heterocycles. The number of aryl methyl sites for hydroxylation is 1. The van der Waals surface area contributed by atoms with Crippen LogP contribution in [0.4, 0.5) is 0 Å². The largest absolute Gasteiger partial charge is 0.308 e. The zero-order chi connectivity index (χ0) is 15.2. The lowest BCUT2D eigenvalue weighted by Crippen LogP contribution is -2.30. The van der Waals surface area contributed by atoms with E-state index in [1.165, 1.54) is 19.8 Å². The summed E-state index contributed by atoms with van der Waals surface area (Å²) in [4.78, 5) is 10.2. The third-order valence-electron chi connectivity index (χ3n) is 3.31. The van der Waals surface area contributed by atoms with Crippen LogP contribution in [0.2, 0.25) is 0 Å². The van der Waals surface area contributed by atoms with E-state index in [0.29, 0.717) is 0 Å². The Kier molecular flexibility index (Phi) is 6.36. The molecule has 0 atom stereocenters. The first kappa shape index (κ1) is 16.6. The van der Waals surface area contributed by atoms with E-state index in [9.17, 15) is 0 Å². The van der Waals surface area contributed by atoms with Crippen molar-refractivity contribution in [1.82, 2.24) is 14.8 Å². The summed E-state index contributed by atoms with van der Waals surface area (Å²) in [6.07, 6.45) is 3.73. The summed E-state index contributed by atoms with van der Waals surface area (Å²) in [5, 5.41) is 0. The Labute approximate surface area is 139 Å². The van der Waals surface area contributed by atoms with Gasteiger partial charge in [0.1, 0.15) is 0 Å². The number of hydrogen-bond acceptors (Lipinski definition) is 4. The van der Waals surface area contributed by atoms with Crippen molar-refractivity contribution in [3.8, 4) is 0 Å². The van der Waals surface area contributed by atoms with Gasteiger partial charge in [-0.05, 0) is 66.3 Å². The Balaban J connectivity index is 2.04. The zero-order valence-electron chi connectivity index (χ0n) is 12.8. The first-order valence-electron chi connectivity index (χ1n) is 7.05. The quantitative estimate of drug-likeness (QED) is 0.742. The average molecular weight is 368 g/mol. The van der Waals surface area contributed by atoms with Gasteiger partial charge in [-0.2, -0.15) is 0 Å². The maximum atomic E-state index is 4.09. The second-order valence-corrected chi connectivity index (χ2v) is 7.99. The molecule has 0 saturated carbocycles. The predicted molar refractivity (Wildman–Crippen MR) is 93.7 cm³/mol. The summed E-state index contributed by atoms with van der Waals surface area (Å²) in [6, 6.07) is 6.47. The molecular weight excluding hydrogens is 346 g/mol. The molecule has 0 N–H and O–H groups in total. The molecular formula is C16H22BrN3S. The summed E-state index contributed by atoms with van der Waals surface area (Å²) in [5.41, 5.74) is 2.64. The molecule has 5 heteroatoms. The van der Waals surface area contributed by atoms with Gasteiger partial charge in [-0.3, -0.25) is 9.88 Å². The van der Waals surface area contributed by atoms with Gasteiger partial charge in [-0.15, -0.1) is 11.3 Å². The van der Waals surface area contributed by atoms with Gasteiger partial charge in [-0.25, -0.2) is 0 Å². The molecule has 0 spiro atoms. The van der Waals surface area contributed by atoms with E-state index < -0.39 is 0 Å². The van der Waals surface area contributed by atoms with Gasteiger partial charge in [-0.1, -0.05) is 0 Å². The van der Waals surface area contributed by atoms with Crippen LogP contribution in [0.3, 0.4) is 0 Å². The van der Waals surface area contributed by atoms with E-state index >= 15 is 0 Å². The van der Waals surface area contributed by atoms with Crippen molar-refractivity contribution in [2.24, 2.45) is 0 Å². The molecule has 0 saturated heterocycles. The predicted octanol–water partition coefficient (Wildman–Crippen LogP) is 3.78. The standard InChI is InChI=1S/C16H22BrN3S/c1-13-10-15(21-16(13)17)12-20(9-8-19(2)3)11-14-4-6-18-7-5-14/h4-7,10H,8-9,11-12H2,1-3H3. The Morgan fingerprint density at radius 1 is 1.14 bits per heavy atom. The Morgan fingerprint density at radius 2 is 1.86 bits per heavy atom. The van der Waals surface area contributed by atoms with Gasteiger partial charge in [0.15, 0.2) is 0 Å². The van der Waals surface area contributed by atoms with Gasteiger partial charge >= 0.3 is 0 Å². The highest BCUT2D eigenvalue weighted by atomic mass is 79.9. The van der Waals surface area contributed by atoms with Gasteiger partial charge in [0.05, 0.1) is 3.79 Å². The van der Waals surface area contributed by atoms with Crippen LogP contribution in [0.1, 0.15) is 16.0 Å². The number of halogens is 1. The Hall–Kier alpha value is -0.750. The van der Waals surface area contributed by atoms with Crippen LogP contribution < -0.4 is 0 Å². The minimum atomic E-state index is 0.963. The number of aromatic nitrogens is 1. The van der Waals surface area contributed by atoms with Crippen LogP contribution in [-0.4, -0.2) is 42.0 Å². The molecule has 21 heavy (non-hydrogen) atoms. The van der Waals surface area contributed by atoms with E-state index in [2.05, 4.69) is 69.9 Å². The van der Waals surface area contributed by atoms with Gasteiger partial charge in [0.25, 0.3) is 0 Å². The molecule has 0 unspecified atom stereocenters. The van der Waals surface area contributed by atoms with Crippen molar-refractivity contribution in [3.63, 3.8) is 0 Å². The maximum Gasteiger partial charge on any atom is 0.0730 e. The summed E-state index contributed by atoms with van der Waals surface area (Å²) in [5.74, 6) is 0. The minimum absolute atomic E-state index is 0.963. The highest BCUT2D eigenvalue weighted by Gasteiger charge is 2.10. The van der Waals surface area contributed by atoms with Crippen molar-refractivity contribution in [2.75, 3.05) is 27.2 Å². The number of pyridine rings is 1. The van der Waals surface area contributed by atoms with Crippen LogP contribution in [0.15, 0.2) is 34.4 Å². The molecule has 0 amide bonds. The number of hydrogen-bond donors (Lipinski definition) is 0. The van der Waals surface area contributed by atoms with Gasteiger partial charge in [0, 0.05) is 43.4 Å². The molecule has 2 heterocycles. The number of rotatable bonds is 7. The second-order valence-electron chi connectivity index (χ2n) is 5.54. The first-order chi connectivity index (χ1) is 10.0. The minimum Gasteiger partial charge on any atom is -0.308 e. The SMILES string of the molecule is Cc1cc(CN(CCN(C)C)Cc2ccncc2)sc1Br. The molecule has 0 aliphatic rings. The van der Waals surface area contributed by atoms with Crippen LogP contribution in [0.25, 0.3) is 0 Å². The van der Waals surface area contributed by atoms with Crippen LogP contribution in [0, 0.1) is 6.92 Å². The fraction of sp³-hybridized carbons (Fsp3) is 0.438. The highest BCUT2D eigenvalue weighted by molar-refractivity contribution is 9.11. The monoisotopic (exact) mass is 367 g/mol. The van der Waals surface area contributed by atoms with Crippen molar-refractivity contribution < 1.29 is 0 Å². The molecule has 0 aliphatic carbocycles. The number of likely N-dealkylation sites (N-methyl/N-ethyl adjacent to an activating group) is 1. The number of nitrogens with zero attached hydrogens (tertiary/aromatic N) is 3. The van der Waals surface area contributed by atoms with Crippen molar-refractivity contribution >= 4 is 27.3 Å². The average Bonchev–Trinajstić information content (AvgIpc) is 2.76. The maximum absolute atomic E-state index is 4.09. The lowest BCUT2D eigenvalue weighted by molar-refractivity contribution is 0.228. The fourth-order valence-corrected chi connectivity index (χ4v) is 3.79. The van der Waals surface area contributed by atoms with E-state index in [1.807, 2.05) is 23.7 Å². The van der Waals surface area contributed by atoms with E-state index in [1.54, 1.807) is 0 Å². The summed E-state index contributed by atoms with van der Waals surface area (Å²) < 4.78 is 1.24. The van der Waals surface area contributed by atoms with Gasteiger partial charge in [0.2, 0.25) is 0 Å². The van der Waals surface area contributed by atoms with Crippen LogP contribution >= 0.6 is 27.3 Å². The van der Waals surface area contributed by atoms with Crippen LogP contribution in [0.5, 0.6) is 0 Å². The summed E-state index contributed by atoms with van der Waals surface area (Å²) in [7, 11) is 4.24. The number of thiophene rings is 1. The molecule has 0 aliphatic heterocycles. The Morgan fingerprint density at radius 3 is 2.43 bits per heavy atom. The molecule has 2 rings (SSSR count). The molecule has 0 fully saturated rings. The first-order valence-corrected chi connectivity index (χ1v) is 8.66. The van der Waals surface area contributed by atoms with Gasteiger partial charge < -0.3 is 4.90 Å². The molecule has 3 nitrogen and oxygen atoms in total. The van der Waals surface area contributed by atoms with Crippen molar-refractivity contribution in [3.05, 3.63) is 50.4 Å². The molecule has 114 valence electrons. The molecule has 0 radical (unpaired) electrons. The van der Waals surface area contributed by atoms with Crippen molar-refractivity contribution in [2.45, 2.75) is 20.0 Å². The third kappa shape index (κ3) is 5.51. The zero-order valence-corrected chi connectivity index (χ0v) is 15.2. The van der Waals surface area contributed by atoms with Crippen LogP contribution in [-0.2, 0) is 13.1 Å². The van der Waals surface area contributed by atoms with E-state index in [0.717, 1.165) is 26.2 Å². The molecule has 0 bridgehead atoms. The smallest absolute Gasteiger partial charge is 0.0730 e. The van der Waals surface area contributed by atoms with E-state index in [4.69, 9.17) is 0 Å². The summed E-state index contributed by atoms with van der Waals surface area (Å²) in [6.45, 7) is 6.23. The lowest BCUT2D eigenvalue weighted by Gasteiger charge is -2.23. The van der Waals surface area contributed by atoms with E-state index in [-0.39, 0.29) is 0 Å². The second kappa shape index (κ2) is 8.03. The molecule has 0 aromatic carbocycles. The highest BCUT2D eigenvalue weighted by Crippen LogP contribution is 2.28. The molecule has 2 aromatic rings. The third-order valence-corrected chi connectivity index (χ3v) is 5.43. The fourth-order valence-electron chi connectivity index (χ4n) is 2.12. The lowest BCUT2D eigenvalue weighted by atomic mass is 10.2. The van der Waals surface area contributed by atoms with Crippen molar-refractivity contribution in [1.29, 1.82) is 0 Å². The normalized spacial score (nSPS) is 11.5. The summed E-state index contributed by atoms with van der Waals surface area (Å²) >= 11 is 5.46. The Bertz CT molecular complexity index is 534.